The number of hydrogen-bond acceptors (Lipinski definition) is 23. The van der Waals surface area contributed by atoms with Crippen LogP contribution in [0.1, 0.15) is 13.8 Å². The number of ether oxygens (including phenoxy) is 6. The standard InChI is InChI=1S/C25H52N12O4S.C24H51N11O3S/c1-22(38)35-24-16-27-2-5-30-19-25(20-31-6-3-28-17-24,21-32-7-4-29-18-24)36-23(42)33-8-10-39-12-14-41-15-13-40-11-9-34-37-26;1-23-16-26-2-5-29-19-24(20-30-6-3-27-17-23,21-31-7-4-28-18-23)34-22(39)32-8-10-36-12-14-38-15-13-37-11-9-33-35-25/h27-32H,2-21H2,1H3,(H,35,38)(H2,33,36,42);26-31H,2-21H2,1H3,(H2,32,34,39). The van der Waals surface area contributed by atoms with Crippen molar-refractivity contribution in [3.63, 3.8) is 0 Å². The number of carbonyl (C=O) groups is 1. The highest BCUT2D eigenvalue weighted by Crippen LogP contribution is 2.13. The number of azide groups is 2. The van der Waals surface area contributed by atoms with Crippen molar-refractivity contribution in [3.8, 4) is 0 Å². The van der Waals surface area contributed by atoms with Crippen molar-refractivity contribution in [1.82, 2.24) is 90.4 Å². The maximum atomic E-state index is 12.0. The third-order valence-corrected chi connectivity index (χ3v) is 13.7. The first-order valence-corrected chi connectivity index (χ1v) is 29.8. The van der Waals surface area contributed by atoms with Crippen LogP contribution in [0.4, 0.5) is 0 Å². The number of thiocarbonyl (C=S) groups is 2. The van der Waals surface area contributed by atoms with Gasteiger partial charge in [-0.2, -0.15) is 0 Å². The summed E-state index contributed by atoms with van der Waals surface area (Å²) in [7, 11) is 0. The highest BCUT2D eigenvalue weighted by molar-refractivity contribution is 7.80. The predicted octanol–water partition coefficient (Wildman–Crippen LogP) is -4.89. The first-order chi connectivity index (χ1) is 39.6. The molecule has 6 heterocycles. The van der Waals surface area contributed by atoms with E-state index < -0.39 is 5.54 Å². The molecule has 17 N–H and O–H groups in total. The zero-order valence-electron chi connectivity index (χ0n) is 48.6. The van der Waals surface area contributed by atoms with Crippen LogP contribution < -0.4 is 90.4 Å². The molecular formula is C49H103N23O7S2. The van der Waals surface area contributed by atoms with Crippen LogP contribution in [0.3, 0.4) is 0 Å². The molecule has 0 aromatic carbocycles. The van der Waals surface area contributed by atoms with Gasteiger partial charge in [-0.25, -0.2) is 0 Å². The van der Waals surface area contributed by atoms with Crippen LogP contribution in [-0.4, -0.2) is 295 Å². The van der Waals surface area contributed by atoms with Crippen LogP contribution in [0, 0.1) is 5.41 Å². The van der Waals surface area contributed by atoms with Gasteiger partial charge in [0.05, 0.1) is 95.9 Å². The fourth-order valence-corrected chi connectivity index (χ4v) is 9.77. The Balaban J connectivity index is 0.000000426. The van der Waals surface area contributed by atoms with Crippen LogP contribution in [0.5, 0.6) is 0 Å². The summed E-state index contributed by atoms with van der Waals surface area (Å²) in [6, 6.07) is 0. The molecule has 6 aliphatic rings. The summed E-state index contributed by atoms with van der Waals surface area (Å²) in [5.74, 6) is -0.0311. The molecule has 6 saturated heterocycles. The molecule has 0 aromatic rings. The Labute approximate surface area is 491 Å². The number of rotatable bonds is 27. The van der Waals surface area contributed by atoms with Gasteiger partial charge in [0.1, 0.15) is 0 Å². The molecular weight excluding hydrogens is 1090 g/mol. The van der Waals surface area contributed by atoms with Crippen molar-refractivity contribution in [2.24, 2.45) is 15.6 Å². The van der Waals surface area contributed by atoms with Crippen molar-refractivity contribution in [1.29, 1.82) is 0 Å². The van der Waals surface area contributed by atoms with Gasteiger partial charge in [-0.05, 0) is 35.5 Å². The van der Waals surface area contributed by atoms with Crippen molar-refractivity contribution in [2.45, 2.75) is 30.5 Å². The molecule has 1 amide bonds. The minimum atomic E-state index is -0.412. The quantitative estimate of drug-likeness (QED) is 0.0121. The number of amides is 1. The van der Waals surface area contributed by atoms with Gasteiger partial charge in [-0.15, -0.1) is 0 Å². The van der Waals surface area contributed by atoms with E-state index >= 15 is 0 Å². The van der Waals surface area contributed by atoms with Crippen molar-refractivity contribution in [2.75, 3.05) is 263 Å². The van der Waals surface area contributed by atoms with Gasteiger partial charge in [0.25, 0.3) is 0 Å². The Morgan fingerprint density at radius 3 is 0.901 bits per heavy atom. The number of nitrogens with one attached hydrogen (secondary N) is 17. The third kappa shape index (κ3) is 36.9. The molecule has 6 aliphatic heterocycles. The van der Waals surface area contributed by atoms with E-state index in [0.717, 1.165) is 118 Å². The Bertz CT molecular complexity index is 1660. The Hall–Kier alpha value is -3.25. The van der Waals surface area contributed by atoms with E-state index in [1.807, 2.05) is 0 Å². The lowest BCUT2D eigenvalue weighted by Gasteiger charge is -2.39. The Kier molecular flexibility index (Phi) is 41.8. The molecule has 0 saturated carbocycles. The molecule has 0 atom stereocenters. The second kappa shape index (κ2) is 47.0. The first kappa shape index (κ1) is 72.0. The molecule has 0 radical (unpaired) electrons. The molecule has 32 heteroatoms. The van der Waals surface area contributed by atoms with E-state index in [-0.39, 0.29) is 22.4 Å². The van der Waals surface area contributed by atoms with Gasteiger partial charge in [-0.1, -0.05) is 17.2 Å². The monoisotopic (exact) mass is 1190 g/mol. The lowest BCUT2D eigenvalue weighted by molar-refractivity contribution is -0.120. The first-order valence-electron chi connectivity index (χ1n) is 28.9. The fourth-order valence-electron chi connectivity index (χ4n) is 9.13. The third-order valence-electron chi connectivity index (χ3n) is 13.2. The topological polar surface area (TPSA) is 374 Å². The molecule has 30 nitrogen and oxygen atoms in total. The molecule has 4 bridgehead atoms. The summed E-state index contributed by atoms with van der Waals surface area (Å²) in [5.41, 5.74) is 15.5. The van der Waals surface area contributed by atoms with Gasteiger partial charge in [0.15, 0.2) is 10.2 Å². The second-order valence-electron chi connectivity index (χ2n) is 20.8. The van der Waals surface area contributed by atoms with E-state index in [2.05, 4.69) is 117 Å². The van der Waals surface area contributed by atoms with Crippen LogP contribution in [-0.2, 0) is 33.2 Å². The van der Waals surface area contributed by atoms with Crippen molar-refractivity contribution >= 4 is 40.6 Å². The maximum Gasteiger partial charge on any atom is 0.217 e. The van der Waals surface area contributed by atoms with Gasteiger partial charge in [-0.3, -0.25) is 4.79 Å². The molecule has 6 fully saturated rings. The van der Waals surface area contributed by atoms with Crippen LogP contribution in [0.2, 0.25) is 0 Å². The number of fused-ring (bicyclic) bond motifs is 30. The molecule has 0 aliphatic carbocycles. The highest BCUT2D eigenvalue weighted by Gasteiger charge is 2.34. The van der Waals surface area contributed by atoms with Crippen LogP contribution in [0.15, 0.2) is 10.2 Å². The summed E-state index contributed by atoms with van der Waals surface area (Å²) in [5, 5.41) is 68.1. The summed E-state index contributed by atoms with van der Waals surface area (Å²) in [6.45, 7) is 30.7. The summed E-state index contributed by atoms with van der Waals surface area (Å²) in [4.78, 5) is 17.4. The molecule has 81 heavy (non-hydrogen) atoms. The minimum Gasteiger partial charge on any atom is -0.379 e. The Morgan fingerprint density at radius 2 is 0.642 bits per heavy atom. The minimum absolute atomic E-state index is 0.0311. The summed E-state index contributed by atoms with van der Waals surface area (Å²) in [6.07, 6.45) is 0. The van der Waals surface area contributed by atoms with E-state index in [1.54, 1.807) is 6.92 Å². The van der Waals surface area contributed by atoms with Crippen molar-refractivity contribution < 1.29 is 33.2 Å². The van der Waals surface area contributed by atoms with Gasteiger partial charge >= 0.3 is 0 Å². The summed E-state index contributed by atoms with van der Waals surface area (Å²) < 4.78 is 32.8. The number of nitrogens with zero attached hydrogens (tertiary/aromatic N) is 6. The molecule has 468 valence electrons. The molecule has 0 spiro atoms. The van der Waals surface area contributed by atoms with Crippen LogP contribution in [0.25, 0.3) is 20.9 Å². The van der Waals surface area contributed by atoms with E-state index in [4.69, 9.17) is 63.9 Å². The zero-order chi connectivity index (χ0) is 58.1. The molecule has 0 aromatic heterocycles. The SMILES string of the molecule is CC(=O)NC12CNCCNCC(NC(=S)NCCOCCOCCOCCN=[N+]=[N-])(CNCCNC1)CNCCNC2.CC12CNCCNCC(NC(=S)NCCOCCOCCOCCN=[N+]=[N-])(CNCCNC1)CNCCNC2. The molecule has 0 unspecified atom stereocenters. The lowest BCUT2D eigenvalue weighted by atomic mass is 9.90. The largest absolute Gasteiger partial charge is 0.379 e. The van der Waals surface area contributed by atoms with Gasteiger partial charge in [0, 0.05) is 205 Å². The second-order valence-corrected chi connectivity index (χ2v) is 21.6. The number of hydrogen-bond donors (Lipinski definition) is 17. The summed E-state index contributed by atoms with van der Waals surface area (Å²) >= 11 is 11.4. The smallest absolute Gasteiger partial charge is 0.217 e. The maximum absolute atomic E-state index is 12.0. The average molecular weight is 1190 g/mol. The van der Waals surface area contributed by atoms with Gasteiger partial charge < -0.3 is 119 Å². The molecule has 6 rings (SSSR count). The van der Waals surface area contributed by atoms with Crippen molar-refractivity contribution in [3.05, 3.63) is 20.9 Å². The van der Waals surface area contributed by atoms with E-state index in [9.17, 15) is 4.79 Å². The van der Waals surface area contributed by atoms with Crippen LogP contribution >= 0.6 is 24.4 Å². The van der Waals surface area contributed by atoms with E-state index in [0.29, 0.717) is 155 Å². The van der Waals surface area contributed by atoms with E-state index in [1.165, 1.54) is 0 Å². The lowest BCUT2D eigenvalue weighted by Crippen LogP contribution is -2.68. The van der Waals surface area contributed by atoms with Gasteiger partial charge in [0.2, 0.25) is 5.91 Å². The average Bonchev–Trinajstić information content (AvgIpc) is 3.44. The fraction of sp³-hybridized carbons (Fsp3) is 0.939. The number of carbonyl (C=O) groups excluding carboxylic acids is 1. The Morgan fingerprint density at radius 1 is 0.407 bits per heavy atom. The normalized spacial score (nSPS) is 25.1. The predicted molar refractivity (Wildman–Crippen MR) is 325 cm³/mol. The zero-order valence-corrected chi connectivity index (χ0v) is 50.3. The highest BCUT2D eigenvalue weighted by atomic mass is 32.1.